The van der Waals surface area contributed by atoms with Crippen LogP contribution in [0.4, 0.5) is 0 Å². The van der Waals surface area contributed by atoms with Gasteiger partial charge in [0.05, 0.1) is 5.75 Å². The fourth-order valence-electron chi connectivity index (χ4n) is 1.31. The van der Waals surface area contributed by atoms with Crippen molar-refractivity contribution in [1.29, 1.82) is 0 Å². The molecule has 1 amide bonds. The summed E-state index contributed by atoms with van der Waals surface area (Å²) in [5, 5.41) is 3.60. The van der Waals surface area contributed by atoms with Crippen molar-refractivity contribution in [2.24, 2.45) is 11.7 Å². The van der Waals surface area contributed by atoms with Crippen LogP contribution in [0.2, 0.25) is 5.02 Å². The Hall–Kier alpha value is -0.710. The van der Waals surface area contributed by atoms with E-state index in [2.05, 4.69) is 5.32 Å². The normalized spacial score (nSPS) is 12.2. The third-order valence-corrected chi connectivity index (χ3v) is 3.68. The molecule has 3 nitrogen and oxygen atoms in total. The largest absolute Gasteiger partial charge is 0.355 e. The minimum absolute atomic E-state index is 0.0577. The molecule has 0 fully saturated rings. The summed E-state index contributed by atoms with van der Waals surface area (Å²) >= 11 is 7.47. The molecule has 18 heavy (non-hydrogen) atoms. The van der Waals surface area contributed by atoms with Crippen LogP contribution in [0.25, 0.3) is 0 Å². The van der Waals surface area contributed by atoms with Gasteiger partial charge in [-0.3, -0.25) is 4.79 Å². The van der Waals surface area contributed by atoms with Crippen LogP contribution in [0.5, 0.6) is 0 Å². The average Bonchev–Trinajstić information content (AvgIpc) is 2.36. The van der Waals surface area contributed by atoms with Crippen LogP contribution in [0, 0.1) is 5.92 Å². The van der Waals surface area contributed by atoms with Crippen LogP contribution >= 0.6 is 23.4 Å². The van der Waals surface area contributed by atoms with E-state index in [0.717, 1.165) is 16.3 Å². The topological polar surface area (TPSA) is 55.1 Å². The van der Waals surface area contributed by atoms with Gasteiger partial charge < -0.3 is 11.1 Å². The molecule has 0 heterocycles. The van der Waals surface area contributed by atoms with Gasteiger partial charge >= 0.3 is 0 Å². The molecule has 100 valence electrons. The lowest BCUT2D eigenvalue weighted by Crippen LogP contribution is -2.32. The first-order valence-corrected chi connectivity index (χ1v) is 7.44. The number of hydrogen-bond donors (Lipinski definition) is 2. The van der Waals surface area contributed by atoms with Crippen LogP contribution in [0.15, 0.2) is 24.3 Å². The van der Waals surface area contributed by atoms with E-state index in [0.29, 0.717) is 24.8 Å². The van der Waals surface area contributed by atoms with Crippen LogP contribution < -0.4 is 11.1 Å². The fourth-order valence-corrected chi connectivity index (χ4v) is 2.33. The highest BCUT2D eigenvalue weighted by Gasteiger charge is 2.04. The highest BCUT2D eigenvalue weighted by Crippen LogP contribution is 2.16. The highest BCUT2D eigenvalue weighted by atomic mass is 35.5. The van der Waals surface area contributed by atoms with Crippen LogP contribution in [-0.2, 0) is 10.5 Å². The summed E-state index contributed by atoms with van der Waals surface area (Å²) in [5.74, 6) is 1.64. The van der Waals surface area contributed by atoms with E-state index in [9.17, 15) is 4.79 Å². The van der Waals surface area contributed by atoms with Crippen molar-refractivity contribution in [3.8, 4) is 0 Å². The molecule has 3 N–H and O–H groups in total. The maximum absolute atomic E-state index is 11.5. The van der Waals surface area contributed by atoms with Crippen molar-refractivity contribution in [3.05, 3.63) is 34.9 Å². The first-order valence-electron chi connectivity index (χ1n) is 5.90. The van der Waals surface area contributed by atoms with Crippen molar-refractivity contribution < 1.29 is 4.79 Å². The summed E-state index contributed by atoms with van der Waals surface area (Å²) < 4.78 is 0. The fraction of sp³-hybridized carbons (Fsp3) is 0.462. The van der Waals surface area contributed by atoms with Crippen LogP contribution in [0.1, 0.15) is 12.5 Å². The van der Waals surface area contributed by atoms with E-state index in [1.165, 1.54) is 0 Å². The molecule has 0 aliphatic heterocycles. The molecule has 0 aliphatic carbocycles. The number of halogens is 1. The number of benzene rings is 1. The number of amides is 1. The van der Waals surface area contributed by atoms with Gasteiger partial charge in [-0.2, -0.15) is 0 Å². The molecule has 0 aromatic heterocycles. The number of nitrogens with one attached hydrogen (secondary N) is 1. The Morgan fingerprint density at radius 1 is 1.56 bits per heavy atom. The highest BCUT2D eigenvalue weighted by molar-refractivity contribution is 7.99. The van der Waals surface area contributed by atoms with E-state index < -0.39 is 0 Å². The molecule has 0 aliphatic rings. The third kappa shape index (κ3) is 6.28. The lowest BCUT2D eigenvalue weighted by Gasteiger charge is -2.09. The second kappa shape index (κ2) is 8.40. The van der Waals surface area contributed by atoms with Crippen molar-refractivity contribution in [1.82, 2.24) is 5.32 Å². The Kier molecular flexibility index (Phi) is 7.16. The van der Waals surface area contributed by atoms with Crippen LogP contribution in [-0.4, -0.2) is 24.7 Å². The first kappa shape index (κ1) is 15.3. The number of carbonyl (C=O) groups excluding carboxylic acids is 1. The molecule has 0 radical (unpaired) electrons. The van der Waals surface area contributed by atoms with Gasteiger partial charge in [-0.25, -0.2) is 0 Å². The summed E-state index contributed by atoms with van der Waals surface area (Å²) in [6, 6.07) is 7.69. The van der Waals surface area contributed by atoms with Gasteiger partial charge in [-0.1, -0.05) is 30.7 Å². The number of carbonyl (C=O) groups is 1. The Labute approximate surface area is 117 Å². The number of nitrogens with two attached hydrogens (primary N) is 1. The smallest absolute Gasteiger partial charge is 0.230 e. The lowest BCUT2D eigenvalue weighted by molar-refractivity contribution is -0.118. The number of hydrogen-bond acceptors (Lipinski definition) is 3. The molecule has 1 atom stereocenters. The molecule has 1 aromatic carbocycles. The standard InChI is InChI=1S/C13H19ClN2OS/c1-10(6-15)7-16-13(17)9-18-8-11-3-2-4-12(14)5-11/h2-5,10H,6-9,15H2,1H3,(H,16,17). The second-order valence-corrected chi connectivity index (χ2v) is 5.69. The predicted octanol–water partition coefficient (Wildman–Crippen LogP) is 2.28. The maximum atomic E-state index is 11.5. The Bertz CT molecular complexity index is 387. The van der Waals surface area contributed by atoms with Gasteiger partial charge in [0.15, 0.2) is 0 Å². The monoisotopic (exact) mass is 286 g/mol. The van der Waals surface area contributed by atoms with Crippen molar-refractivity contribution >= 4 is 29.3 Å². The van der Waals surface area contributed by atoms with E-state index in [4.69, 9.17) is 17.3 Å². The zero-order chi connectivity index (χ0) is 13.4. The van der Waals surface area contributed by atoms with Crippen molar-refractivity contribution in [2.75, 3.05) is 18.8 Å². The van der Waals surface area contributed by atoms with Gasteiger partial charge in [-0.15, -0.1) is 11.8 Å². The predicted molar refractivity (Wildman–Crippen MR) is 78.8 cm³/mol. The molecule has 0 saturated heterocycles. The summed E-state index contributed by atoms with van der Waals surface area (Å²) in [7, 11) is 0. The zero-order valence-corrected chi connectivity index (χ0v) is 12.1. The maximum Gasteiger partial charge on any atom is 0.230 e. The van der Waals surface area contributed by atoms with Gasteiger partial charge in [0, 0.05) is 17.3 Å². The molecule has 0 bridgehead atoms. The molecule has 1 aromatic rings. The van der Waals surface area contributed by atoms with Crippen molar-refractivity contribution in [2.45, 2.75) is 12.7 Å². The molecular weight excluding hydrogens is 268 g/mol. The van der Waals surface area contributed by atoms with E-state index in [1.807, 2.05) is 31.2 Å². The van der Waals surface area contributed by atoms with Crippen LogP contribution in [0.3, 0.4) is 0 Å². The minimum atomic E-state index is 0.0577. The zero-order valence-electron chi connectivity index (χ0n) is 10.5. The Morgan fingerprint density at radius 2 is 2.33 bits per heavy atom. The molecular formula is C13H19ClN2OS. The number of thioether (sulfide) groups is 1. The Morgan fingerprint density at radius 3 is 3.00 bits per heavy atom. The van der Waals surface area contributed by atoms with Gasteiger partial charge in [0.25, 0.3) is 0 Å². The van der Waals surface area contributed by atoms with Gasteiger partial charge in [0.2, 0.25) is 5.91 Å². The van der Waals surface area contributed by atoms with E-state index >= 15 is 0 Å². The molecule has 1 rings (SSSR count). The molecule has 0 spiro atoms. The summed E-state index contributed by atoms with van der Waals surface area (Å²) in [6.07, 6.45) is 0. The van der Waals surface area contributed by atoms with E-state index in [-0.39, 0.29) is 5.91 Å². The SMILES string of the molecule is CC(CN)CNC(=O)CSCc1cccc(Cl)c1. The number of rotatable bonds is 7. The average molecular weight is 287 g/mol. The Balaban J connectivity index is 2.19. The van der Waals surface area contributed by atoms with Gasteiger partial charge in [-0.05, 0) is 30.2 Å². The minimum Gasteiger partial charge on any atom is -0.355 e. The van der Waals surface area contributed by atoms with Crippen molar-refractivity contribution in [3.63, 3.8) is 0 Å². The first-order chi connectivity index (χ1) is 8.61. The lowest BCUT2D eigenvalue weighted by atomic mass is 10.2. The summed E-state index contributed by atoms with van der Waals surface area (Å²) in [4.78, 5) is 11.5. The molecule has 1 unspecified atom stereocenters. The molecule has 5 heteroatoms. The van der Waals surface area contributed by atoms with Gasteiger partial charge in [0.1, 0.15) is 0 Å². The molecule has 0 saturated carbocycles. The quantitative estimate of drug-likeness (QED) is 0.809. The second-order valence-electron chi connectivity index (χ2n) is 4.27. The summed E-state index contributed by atoms with van der Waals surface area (Å²) in [6.45, 7) is 3.25. The van der Waals surface area contributed by atoms with E-state index in [1.54, 1.807) is 11.8 Å². The third-order valence-electron chi connectivity index (χ3n) is 2.44. The summed E-state index contributed by atoms with van der Waals surface area (Å²) in [5.41, 5.74) is 6.61.